The molecule has 3 N–H and O–H groups in total. The molecule has 2 bridgehead atoms. The minimum absolute atomic E-state index is 0.0105. The summed E-state index contributed by atoms with van der Waals surface area (Å²) in [5, 5.41) is 11.2. The summed E-state index contributed by atoms with van der Waals surface area (Å²) in [6, 6.07) is 11.3. The number of hydrogen-bond donors (Lipinski definition) is 3. The molecule has 0 radical (unpaired) electrons. The lowest BCUT2D eigenvalue weighted by molar-refractivity contribution is 0.0950. The SMILES string of the molecule is Cc1ccc2[nH]cc(CCNC(=O)c3nnsc3NC(=O)N3C[C@H]4C[C@@H](C3)c3cccc(=O)n3C4)c2c1. The number of anilines is 1. The second kappa shape index (κ2) is 9.47. The van der Waals surface area contributed by atoms with Crippen LogP contribution in [0.3, 0.4) is 0 Å². The second-order valence-electron chi connectivity index (χ2n) is 9.85. The Bertz CT molecular complexity index is 1560. The van der Waals surface area contributed by atoms with Crippen molar-refractivity contribution in [1.29, 1.82) is 0 Å². The van der Waals surface area contributed by atoms with Crippen LogP contribution in [0.2, 0.25) is 0 Å². The van der Waals surface area contributed by atoms with Gasteiger partial charge in [0.25, 0.3) is 11.5 Å². The van der Waals surface area contributed by atoms with Crippen molar-refractivity contribution in [1.82, 2.24) is 29.4 Å². The van der Waals surface area contributed by atoms with Gasteiger partial charge in [0, 0.05) is 72.5 Å². The Morgan fingerprint density at radius 2 is 2.08 bits per heavy atom. The Labute approximate surface area is 216 Å². The minimum atomic E-state index is -0.371. The molecule has 1 fully saturated rings. The topological polar surface area (TPSA) is 125 Å². The molecule has 0 aliphatic carbocycles. The lowest BCUT2D eigenvalue weighted by atomic mass is 9.83. The average Bonchev–Trinajstić information content (AvgIpc) is 3.51. The van der Waals surface area contributed by atoms with E-state index in [2.05, 4.69) is 50.3 Å². The number of fused-ring (bicyclic) bond motifs is 5. The summed E-state index contributed by atoms with van der Waals surface area (Å²) in [4.78, 5) is 43.3. The highest BCUT2D eigenvalue weighted by atomic mass is 32.1. The van der Waals surface area contributed by atoms with Crippen LogP contribution < -0.4 is 16.2 Å². The number of carbonyl (C=O) groups is 2. The van der Waals surface area contributed by atoms with E-state index in [9.17, 15) is 14.4 Å². The van der Waals surface area contributed by atoms with Crippen molar-refractivity contribution >= 4 is 39.4 Å². The fraction of sp³-hybridized carbons (Fsp3) is 0.346. The maximum atomic E-state index is 13.1. The maximum Gasteiger partial charge on any atom is 0.322 e. The number of aromatic nitrogens is 4. The van der Waals surface area contributed by atoms with E-state index in [4.69, 9.17) is 0 Å². The third kappa shape index (κ3) is 4.50. The van der Waals surface area contributed by atoms with E-state index in [1.165, 1.54) is 5.56 Å². The van der Waals surface area contributed by atoms with Gasteiger partial charge in [-0.3, -0.25) is 14.9 Å². The van der Waals surface area contributed by atoms with Gasteiger partial charge in [0.1, 0.15) is 0 Å². The standard InChI is InChI=1S/C26H27N7O3S/c1-15-5-6-20-19(9-15)17(11-28-20)7-8-27-24(35)23-25(37-31-30-23)29-26(36)32-12-16-10-18(14-32)21-3-2-4-22(34)33(21)13-16/h2-6,9,11,16,18,28H,7-8,10,12-14H2,1H3,(H,27,35)(H,29,36)/t16-,18+/m1/s1. The van der Waals surface area contributed by atoms with Gasteiger partial charge in [-0.05, 0) is 49.4 Å². The molecule has 190 valence electrons. The molecule has 0 saturated carbocycles. The van der Waals surface area contributed by atoms with E-state index in [-0.39, 0.29) is 35.0 Å². The number of rotatable bonds is 5. The third-order valence-electron chi connectivity index (χ3n) is 7.29. The first-order chi connectivity index (χ1) is 18.0. The number of urea groups is 1. The summed E-state index contributed by atoms with van der Waals surface area (Å²) in [6.45, 7) is 4.17. The van der Waals surface area contributed by atoms with Gasteiger partial charge in [-0.1, -0.05) is 22.2 Å². The van der Waals surface area contributed by atoms with Crippen molar-refractivity contribution in [2.45, 2.75) is 32.2 Å². The van der Waals surface area contributed by atoms with E-state index in [1.54, 1.807) is 17.0 Å². The third-order valence-corrected chi connectivity index (χ3v) is 7.93. The Balaban J connectivity index is 1.08. The van der Waals surface area contributed by atoms with Crippen LogP contribution in [-0.4, -0.2) is 55.6 Å². The molecule has 2 aliphatic rings. The number of nitrogens with zero attached hydrogens (tertiary/aromatic N) is 4. The molecule has 10 nitrogen and oxygen atoms in total. The van der Waals surface area contributed by atoms with E-state index in [0.29, 0.717) is 37.6 Å². The molecule has 1 saturated heterocycles. The van der Waals surface area contributed by atoms with Crippen molar-refractivity contribution in [3.63, 3.8) is 0 Å². The van der Waals surface area contributed by atoms with Gasteiger partial charge >= 0.3 is 6.03 Å². The van der Waals surface area contributed by atoms with E-state index in [1.807, 2.05) is 16.8 Å². The molecule has 3 aromatic heterocycles. The summed E-state index contributed by atoms with van der Waals surface area (Å²) in [7, 11) is 0. The molecular weight excluding hydrogens is 490 g/mol. The first-order valence-corrected chi connectivity index (χ1v) is 13.2. The number of benzene rings is 1. The van der Waals surface area contributed by atoms with Crippen molar-refractivity contribution in [3.8, 4) is 0 Å². The van der Waals surface area contributed by atoms with Gasteiger partial charge in [-0.25, -0.2) is 4.79 Å². The predicted molar refractivity (Wildman–Crippen MR) is 141 cm³/mol. The monoisotopic (exact) mass is 517 g/mol. The van der Waals surface area contributed by atoms with Crippen LogP contribution in [0.5, 0.6) is 0 Å². The number of pyridine rings is 1. The normalized spacial score (nSPS) is 18.5. The Hall–Kier alpha value is -3.99. The fourth-order valence-electron chi connectivity index (χ4n) is 5.55. The van der Waals surface area contributed by atoms with E-state index in [0.717, 1.165) is 40.1 Å². The van der Waals surface area contributed by atoms with Crippen molar-refractivity contribution in [2.24, 2.45) is 5.92 Å². The number of nitrogens with one attached hydrogen (secondary N) is 3. The van der Waals surface area contributed by atoms with Crippen LogP contribution >= 0.6 is 11.5 Å². The number of amides is 3. The smallest absolute Gasteiger partial charge is 0.322 e. The molecule has 1 aromatic carbocycles. The lowest BCUT2D eigenvalue weighted by Crippen LogP contribution is -2.50. The van der Waals surface area contributed by atoms with Crippen LogP contribution in [-0.2, 0) is 13.0 Å². The van der Waals surface area contributed by atoms with Gasteiger partial charge in [-0.15, -0.1) is 5.10 Å². The van der Waals surface area contributed by atoms with Crippen molar-refractivity contribution in [2.75, 3.05) is 25.0 Å². The molecule has 3 amide bonds. The highest BCUT2D eigenvalue weighted by Crippen LogP contribution is 2.35. The van der Waals surface area contributed by atoms with Gasteiger partial charge in [-0.2, -0.15) is 0 Å². The summed E-state index contributed by atoms with van der Waals surface area (Å²) >= 11 is 0.986. The summed E-state index contributed by atoms with van der Waals surface area (Å²) < 4.78 is 5.74. The molecule has 6 rings (SSSR count). The highest BCUT2D eigenvalue weighted by molar-refractivity contribution is 7.10. The number of hydrogen-bond acceptors (Lipinski definition) is 6. The second-order valence-corrected chi connectivity index (χ2v) is 10.6. The molecule has 11 heteroatoms. The van der Waals surface area contributed by atoms with Crippen LogP contribution in [0.25, 0.3) is 10.9 Å². The molecule has 2 atom stereocenters. The number of H-pyrrole nitrogens is 1. The average molecular weight is 518 g/mol. The summed E-state index contributed by atoms with van der Waals surface area (Å²) in [6.07, 6.45) is 3.59. The number of likely N-dealkylation sites (tertiary alicyclic amines) is 1. The van der Waals surface area contributed by atoms with Gasteiger partial charge < -0.3 is 19.8 Å². The number of piperidine rings is 1. The zero-order chi connectivity index (χ0) is 25.5. The number of carbonyl (C=O) groups excluding carboxylic acids is 2. The molecular formula is C26H27N7O3S. The van der Waals surface area contributed by atoms with Crippen LogP contribution in [0.15, 0.2) is 47.4 Å². The largest absolute Gasteiger partial charge is 0.361 e. The first kappa shape index (κ1) is 23.4. The minimum Gasteiger partial charge on any atom is -0.361 e. The van der Waals surface area contributed by atoms with Gasteiger partial charge in [0.2, 0.25) is 0 Å². The number of aromatic amines is 1. The molecule has 5 heterocycles. The van der Waals surface area contributed by atoms with E-state index < -0.39 is 0 Å². The summed E-state index contributed by atoms with van der Waals surface area (Å²) in [5.41, 5.74) is 4.48. The predicted octanol–water partition coefficient (Wildman–Crippen LogP) is 3.11. The molecule has 0 spiro atoms. The molecule has 0 unspecified atom stereocenters. The Kier molecular flexibility index (Phi) is 5.99. The summed E-state index contributed by atoms with van der Waals surface area (Å²) in [5.74, 6) is -0.0422. The molecule has 37 heavy (non-hydrogen) atoms. The van der Waals surface area contributed by atoms with Crippen LogP contribution in [0.1, 0.15) is 39.6 Å². The van der Waals surface area contributed by atoms with Gasteiger partial charge in [0.05, 0.1) is 0 Å². The van der Waals surface area contributed by atoms with Crippen LogP contribution in [0.4, 0.5) is 9.80 Å². The fourth-order valence-corrected chi connectivity index (χ4v) is 6.11. The van der Waals surface area contributed by atoms with Crippen molar-refractivity contribution in [3.05, 3.63) is 75.5 Å². The quantitative estimate of drug-likeness (QED) is 0.375. The van der Waals surface area contributed by atoms with Crippen LogP contribution in [0, 0.1) is 12.8 Å². The zero-order valence-electron chi connectivity index (χ0n) is 20.4. The molecule has 4 aromatic rings. The van der Waals surface area contributed by atoms with E-state index >= 15 is 0 Å². The maximum absolute atomic E-state index is 13.1. The molecule has 2 aliphatic heterocycles. The van der Waals surface area contributed by atoms with Crippen molar-refractivity contribution < 1.29 is 9.59 Å². The highest BCUT2D eigenvalue weighted by Gasteiger charge is 2.36. The number of aryl methyl sites for hydroxylation is 1. The Morgan fingerprint density at radius 1 is 1.19 bits per heavy atom. The zero-order valence-corrected chi connectivity index (χ0v) is 21.2. The lowest BCUT2D eigenvalue weighted by Gasteiger charge is -2.42. The Morgan fingerprint density at radius 3 is 2.97 bits per heavy atom. The first-order valence-electron chi connectivity index (χ1n) is 12.4. The van der Waals surface area contributed by atoms with Gasteiger partial charge in [0.15, 0.2) is 10.7 Å².